The molecule has 0 aliphatic rings. The lowest BCUT2D eigenvalue weighted by atomic mass is 9.65. The first-order chi connectivity index (χ1) is 9.25. The fraction of sp³-hybridized carbons (Fsp3) is 0.278. The highest BCUT2D eigenvalue weighted by Crippen LogP contribution is 2.41. The molecule has 0 aromatic heterocycles. The van der Waals surface area contributed by atoms with Crippen molar-refractivity contribution in [3.8, 4) is 6.07 Å². The van der Waals surface area contributed by atoms with Crippen molar-refractivity contribution in [2.24, 2.45) is 5.92 Å². The molecule has 0 saturated heterocycles. The van der Waals surface area contributed by atoms with Gasteiger partial charge < -0.3 is 0 Å². The van der Waals surface area contributed by atoms with Crippen molar-refractivity contribution in [3.63, 3.8) is 0 Å². The maximum atomic E-state index is 9.47. The van der Waals surface area contributed by atoms with Crippen molar-refractivity contribution in [1.29, 1.82) is 5.26 Å². The summed E-state index contributed by atoms with van der Waals surface area (Å²) in [6.07, 6.45) is 0.912. The number of hydrogen-bond donors (Lipinski definition) is 0. The SMILES string of the molecule is CCC(c1ccccc1)(c1ccccc1)C(C)C#N. The molecule has 2 rings (SSSR count). The number of hydrogen-bond acceptors (Lipinski definition) is 1. The van der Waals surface area contributed by atoms with Crippen molar-refractivity contribution in [2.75, 3.05) is 0 Å². The lowest BCUT2D eigenvalue weighted by Crippen LogP contribution is -2.33. The van der Waals surface area contributed by atoms with Crippen LogP contribution in [0.3, 0.4) is 0 Å². The highest BCUT2D eigenvalue weighted by Gasteiger charge is 2.38. The van der Waals surface area contributed by atoms with E-state index >= 15 is 0 Å². The molecule has 0 heterocycles. The molecule has 0 amide bonds. The Kier molecular flexibility index (Phi) is 4.02. The first-order valence-corrected chi connectivity index (χ1v) is 6.76. The summed E-state index contributed by atoms with van der Waals surface area (Å²) in [7, 11) is 0. The summed E-state index contributed by atoms with van der Waals surface area (Å²) in [5.41, 5.74) is 2.22. The Morgan fingerprint density at radius 1 is 0.947 bits per heavy atom. The summed E-state index contributed by atoms with van der Waals surface area (Å²) in [6, 6.07) is 23.2. The molecule has 19 heavy (non-hydrogen) atoms. The van der Waals surface area contributed by atoms with Crippen LogP contribution in [-0.2, 0) is 5.41 Å². The topological polar surface area (TPSA) is 23.8 Å². The van der Waals surface area contributed by atoms with E-state index in [-0.39, 0.29) is 11.3 Å². The molecule has 1 heteroatoms. The molecule has 0 radical (unpaired) electrons. The predicted octanol–water partition coefficient (Wildman–Crippen LogP) is 4.54. The van der Waals surface area contributed by atoms with E-state index in [0.29, 0.717) is 0 Å². The van der Waals surface area contributed by atoms with Crippen LogP contribution in [0.15, 0.2) is 60.7 Å². The Hall–Kier alpha value is -2.07. The second kappa shape index (κ2) is 5.71. The molecule has 1 atom stereocenters. The Labute approximate surface area is 115 Å². The van der Waals surface area contributed by atoms with Gasteiger partial charge in [-0.25, -0.2) is 0 Å². The van der Waals surface area contributed by atoms with E-state index in [1.165, 1.54) is 11.1 Å². The van der Waals surface area contributed by atoms with E-state index in [2.05, 4.69) is 37.3 Å². The molecule has 0 spiro atoms. The summed E-state index contributed by atoms with van der Waals surface area (Å²) >= 11 is 0. The Bertz CT molecular complexity index is 512. The summed E-state index contributed by atoms with van der Waals surface area (Å²) in [4.78, 5) is 0. The van der Waals surface area contributed by atoms with Gasteiger partial charge in [-0.15, -0.1) is 0 Å². The van der Waals surface area contributed by atoms with Crippen molar-refractivity contribution in [2.45, 2.75) is 25.7 Å². The normalized spacial score (nSPS) is 12.7. The fourth-order valence-electron chi connectivity index (χ4n) is 2.96. The van der Waals surface area contributed by atoms with Gasteiger partial charge >= 0.3 is 0 Å². The number of nitrogens with zero attached hydrogens (tertiary/aromatic N) is 1. The van der Waals surface area contributed by atoms with Gasteiger partial charge in [-0.1, -0.05) is 67.6 Å². The maximum Gasteiger partial charge on any atom is 0.0665 e. The van der Waals surface area contributed by atoms with Crippen LogP contribution in [0.4, 0.5) is 0 Å². The molecule has 0 fully saturated rings. The van der Waals surface area contributed by atoms with Crippen LogP contribution >= 0.6 is 0 Å². The van der Waals surface area contributed by atoms with Crippen LogP contribution in [-0.4, -0.2) is 0 Å². The van der Waals surface area contributed by atoms with Crippen molar-refractivity contribution >= 4 is 0 Å². The number of nitriles is 1. The predicted molar refractivity (Wildman–Crippen MR) is 78.7 cm³/mol. The molecule has 0 aliphatic heterocycles. The van der Waals surface area contributed by atoms with Gasteiger partial charge in [-0.3, -0.25) is 0 Å². The van der Waals surface area contributed by atoms with Crippen molar-refractivity contribution in [1.82, 2.24) is 0 Å². The van der Waals surface area contributed by atoms with Crippen LogP contribution in [0.1, 0.15) is 31.4 Å². The molecule has 0 aliphatic carbocycles. The van der Waals surface area contributed by atoms with Gasteiger partial charge in [0, 0.05) is 5.41 Å². The number of rotatable bonds is 4. The average molecular weight is 249 g/mol. The first-order valence-electron chi connectivity index (χ1n) is 6.76. The molecular weight excluding hydrogens is 230 g/mol. The zero-order chi connectivity index (χ0) is 13.7. The lowest BCUT2D eigenvalue weighted by molar-refractivity contribution is 0.399. The molecule has 2 aromatic carbocycles. The van der Waals surface area contributed by atoms with Crippen molar-refractivity contribution in [3.05, 3.63) is 71.8 Å². The molecule has 1 unspecified atom stereocenters. The Morgan fingerprint density at radius 3 is 1.68 bits per heavy atom. The Morgan fingerprint density at radius 2 is 1.37 bits per heavy atom. The zero-order valence-corrected chi connectivity index (χ0v) is 11.5. The van der Waals surface area contributed by atoms with E-state index in [0.717, 1.165) is 6.42 Å². The van der Waals surface area contributed by atoms with Crippen LogP contribution in [0.25, 0.3) is 0 Å². The molecule has 0 saturated carbocycles. The maximum absolute atomic E-state index is 9.47. The summed E-state index contributed by atoms with van der Waals surface area (Å²) in [6.45, 7) is 4.18. The summed E-state index contributed by atoms with van der Waals surface area (Å²) < 4.78 is 0. The number of benzene rings is 2. The van der Waals surface area contributed by atoms with Gasteiger partial charge in [-0.2, -0.15) is 5.26 Å². The highest BCUT2D eigenvalue weighted by molar-refractivity contribution is 5.41. The molecule has 0 bridgehead atoms. The standard InChI is InChI=1S/C18H19N/c1-3-18(15(2)14-19,16-10-6-4-7-11-16)17-12-8-5-9-13-17/h4-13,15H,3H2,1-2H3. The molecular formula is C18H19N. The fourth-order valence-corrected chi connectivity index (χ4v) is 2.96. The summed E-state index contributed by atoms with van der Waals surface area (Å²) in [5.74, 6) is -0.0673. The van der Waals surface area contributed by atoms with E-state index in [1.54, 1.807) is 0 Å². The van der Waals surface area contributed by atoms with Crippen LogP contribution < -0.4 is 0 Å². The van der Waals surface area contributed by atoms with Gasteiger partial charge in [0.05, 0.1) is 12.0 Å². The highest BCUT2D eigenvalue weighted by atomic mass is 14.4. The van der Waals surface area contributed by atoms with E-state index in [1.807, 2.05) is 43.3 Å². The quantitative estimate of drug-likeness (QED) is 0.780. The first kappa shape index (κ1) is 13.4. The van der Waals surface area contributed by atoms with E-state index in [4.69, 9.17) is 0 Å². The third-order valence-electron chi connectivity index (χ3n) is 4.07. The minimum atomic E-state index is -0.225. The summed E-state index contributed by atoms with van der Waals surface area (Å²) in [5, 5.41) is 9.47. The lowest BCUT2D eigenvalue weighted by Gasteiger charge is -2.36. The van der Waals surface area contributed by atoms with Crippen LogP contribution in [0.5, 0.6) is 0 Å². The zero-order valence-electron chi connectivity index (χ0n) is 11.5. The van der Waals surface area contributed by atoms with E-state index < -0.39 is 0 Å². The molecule has 0 N–H and O–H groups in total. The second-order valence-corrected chi connectivity index (χ2v) is 4.91. The minimum Gasteiger partial charge on any atom is -0.198 e. The van der Waals surface area contributed by atoms with E-state index in [9.17, 15) is 5.26 Å². The van der Waals surface area contributed by atoms with Crippen molar-refractivity contribution < 1.29 is 0 Å². The third kappa shape index (κ3) is 2.27. The van der Waals surface area contributed by atoms with Gasteiger partial charge in [0.1, 0.15) is 0 Å². The Balaban J connectivity index is 2.66. The minimum absolute atomic E-state index is 0.0673. The second-order valence-electron chi connectivity index (χ2n) is 4.91. The average Bonchev–Trinajstić information content (AvgIpc) is 2.50. The third-order valence-corrected chi connectivity index (χ3v) is 4.07. The largest absolute Gasteiger partial charge is 0.198 e. The van der Waals surface area contributed by atoms with Crippen LogP contribution in [0, 0.1) is 17.2 Å². The molecule has 2 aromatic rings. The monoisotopic (exact) mass is 249 g/mol. The smallest absolute Gasteiger partial charge is 0.0665 e. The van der Waals surface area contributed by atoms with Crippen LogP contribution in [0.2, 0.25) is 0 Å². The molecule has 1 nitrogen and oxygen atoms in total. The van der Waals surface area contributed by atoms with Gasteiger partial charge in [-0.05, 0) is 24.5 Å². The molecule has 96 valence electrons. The van der Waals surface area contributed by atoms with Gasteiger partial charge in [0.25, 0.3) is 0 Å². The van der Waals surface area contributed by atoms with Gasteiger partial charge in [0.15, 0.2) is 0 Å². The van der Waals surface area contributed by atoms with Gasteiger partial charge in [0.2, 0.25) is 0 Å².